The molecule has 82 valence electrons. The predicted octanol–water partition coefficient (Wildman–Crippen LogP) is 2.20. The average Bonchev–Trinajstić information content (AvgIpc) is 2.29. The van der Waals surface area contributed by atoms with E-state index in [0.29, 0.717) is 5.75 Å². The summed E-state index contributed by atoms with van der Waals surface area (Å²) in [6, 6.07) is 7.70. The number of aliphatic carboxylic acids is 1. The number of nitrogens with zero attached hydrogens (tertiary/aromatic N) is 2. The van der Waals surface area contributed by atoms with Crippen molar-refractivity contribution in [2.75, 3.05) is 5.75 Å². The van der Waals surface area contributed by atoms with Gasteiger partial charge in [-0.3, -0.25) is 4.79 Å². The summed E-state index contributed by atoms with van der Waals surface area (Å²) < 4.78 is 0. The SMILES string of the molecule is O=C(O)CCSc1ncnc2ccccc12. The zero-order valence-corrected chi connectivity index (χ0v) is 9.28. The first kappa shape index (κ1) is 10.9. The van der Waals surface area contributed by atoms with Crippen LogP contribution in [0.25, 0.3) is 10.9 Å². The second kappa shape index (κ2) is 4.94. The minimum Gasteiger partial charge on any atom is -0.481 e. The van der Waals surface area contributed by atoms with Gasteiger partial charge in [-0.25, -0.2) is 9.97 Å². The molecule has 0 saturated heterocycles. The molecule has 0 aliphatic rings. The number of para-hydroxylation sites is 1. The lowest BCUT2D eigenvalue weighted by Gasteiger charge is -2.02. The number of aromatic nitrogens is 2. The molecule has 16 heavy (non-hydrogen) atoms. The van der Waals surface area contributed by atoms with Gasteiger partial charge in [-0.05, 0) is 6.07 Å². The van der Waals surface area contributed by atoms with Crippen LogP contribution in [-0.2, 0) is 4.79 Å². The molecule has 1 heterocycles. The Morgan fingerprint density at radius 2 is 2.12 bits per heavy atom. The zero-order chi connectivity index (χ0) is 11.4. The van der Waals surface area contributed by atoms with Crippen molar-refractivity contribution in [1.29, 1.82) is 0 Å². The summed E-state index contributed by atoms with van der Waals surface area (Å²) in [4.78, 5) is 18.7. The molecule has 1 aromatic carbocycles. The van der Waals surface area contributed by atoms with Crippen molar-refractivity contribution in [3.63, 3.8) is 0 Å². The number of hydrogen-bond acceptors (Lipinski definition) is 4. The highest BCUT2D eigenvalue weighted by Crippen LogP contribution is 2.24. The van der Waals surface area contributed by atoms with Crippen molar-refractivity contribution in [2.24, 2.45) is 0 Å². The van der Waals surface area contributed by atoms with E-state index < -0.39 is 5.97 Å². The topological polar surface area (TPSA) is 63.1 Å². The maximum Gasteiger partial charge on any atom is 0.304 e. The first-order valence-corrected chi connectivity index (χ1v) is 5.80. The van der Waals surface area contributed by atoms with Gasteiger partial charge in [-0.1, -0.05) is 18.2 Å². The third kappa shape index (κ3) is 2.49. The number of hydrogen-bond donors (Lipinski definition) is 1. The first-order valence-electron chi connectivity index (χ1n) is 4.82. The maximum atomic E-state index is 10.4. The van der Waals surface area contributed by atoms with Crippen molar-refractivity contribution >= 4 is 28.6 Å². The molecule has 0 unspecified atom stereocenters. The third-order valence-corrected chi connectivity index (χ3v) is 3.07. The summed E-state index contributed by atoms with van der Waals surface area (Å²) in [6.07, 6.45) is 1.65. The molecular weight excluding hydrogens is 224 g/mol. The fourth-order valence-corrected chi connectivity index (χ4v) is 2.25. The number of benzene rings is 1. The van der Waals surface area contributed by atoms with Gasteiger partial charge in [0.25, 0.3) is 0 Å². The number of fused-ring (bicyclic) bond motifs is 1. The van der Waals surface area contributed by atoms with Crippen molar-refractivity contribution in [1.82, 2.24) is 9.97 Å². The van der Waals surface area contributed by atoms with Gasteiger partial charge in [-0.2, -0.15) is 0 Å². The Morgan fingerprint density at radius 1 is 1.31 bits per heavy atom. The van der Waals surface area contributed by atoms with E-state index in [0.717, 1.165) is 15.9 Å². The van der Waals surface area contributed by atoms with E-state index in [4.69, 9.17) is 5.11 Å². The van der Waals surface area contributed by atoms with Crippen molar-refractivity contribution in [3.05, 3.63) is 30.6 Å². The Labute approximate surface area is 96.7 Å². The molecule has 4 nitrogen and oxygen atoms in total. The minimum absolute atomic E-state index is 0.142. The van der Waals surface area contributed by atoms with Crippen LogP contribution in [0.2, 0.25) is 0 Å². The molecule has 0 atom stereocenters. The average molecular weight is 234 g/mol. The lowest BCUT2D eigenvalue weighted by Crippen LogP contribution is -1.96. The normalized spacial score (nSPS) is 10.5. The van der Waals surface area contributed by atoms with Gasteiger partial charge < -0.3 is 5.11 Å². The second-order valence-corrected chi connectivity index (χ2v) is 4.27. The Balaban J connectivity index is 2.20. The van der Waals surface area contributed by atoms with E-state index >= 15 is 0 Å². The molecular formula is C11H10N2O2S. The molecule has 1 aromatic heterocycles. The maximum absolute atomic E-state index is 10.4. The van der Waals surface area contributed by atoms with Gasteiger partial charge in [0.05, 0.1) is 11.9 Å². The smallest absolute Gasteiger partial charge is 0.304 e. The van der Waals surface area contributed by atoms with E-state index in [1.54, 1.807) is 0 Å². The van der Waals surface area contributed by atoms with Crippen LogP contribution >= 0.6 is 11.8 Å². The molecule has 0 spiro atoms. The monoisotopic (exact) mass is 234 g/mol. The van der Waals surface area contributed by atoms with E-state index in [9.17, 15) is 4.79 Å². The first-order chi connectivity index (χ1) is 7.77. The van der Waals surface area contributed by atoms with Crippen LogP contribution in [-0.4, -0.2) is 26.8 Å². The zero-order valence-electron chi connectivity index (χ0n) is 8.46. The molecule has 2 rings (SSSR count). The fourth-order valence-electron chi connectivity index (χ4n) is 1.33. The van der Waals surface area contributed by atoms with E-state index in [-0.39, 0.29) is 6.42 Å². The highest BCUT2D eigenvalue weighted by atomic mass is 32.2. The van der Waals surface area contributed by atoms with Gasteiger partial charge in [0.15, 0.2) is 0 Å². The standard InChI is InChI=1S/C11H10N2O2S/c14-10(15)5-6-16-11-8-3-1-2-4-9(8)12-7-13-11/h1-4,7H,5-6H2,(H,14,15). The summed E-state index contributed by atoms with van der Waals surface area (Å²) in [5.74, 6) is -0.262. The molecule has 0 bridgehead atoms. The summed E-state index contributed by atoms with van der Waals surface area (Å²) >= 11 is 1.45. The molecule has 1 N–H and O–H groups in total. The molecule has 0 amide bonds. The van der Waals surface area contributed by atoms with E-state index in [1.165, 1.54) is 18.1 Å². The predicted molar refractivity (Wildman–Crippen MR) is 62.5 cm³/mol. The van der Waals surface area contributed by atoms with Crippen LogP contribution in [0.5, 0.6) is 0 Å². The van der Waals surface area contributed by atoms with Crippen LogP contribution in [0.15, 0.2) is 35.6 Å². The number of rotatable bonds is 4. The fraction of sp³-hybridized carbons (Fsp3) is 0.182. The molecule has 5 heteroatoms. The molecule has 0 saturated carbocycles. The van der Waals surface area contributed by atoms with Crippen molar-refractivity contribution in [3.8, 4) is 0 Å². The van der Waals surface area contributed by atoms with Crippen LogP contribution in [0, 0.1) is 0 Å². The number of carbonyl (C=O) groups is 1. The van der Waals surface area contributed by atoms with Crippen molar-refractivity contribution < 1.29 is 9.90 Å². The molecule has 0 radical (unpaired) electrons. The van der Waals surface area contributed by atoms with Crippen LogP contribution in [0.3, 0.4) is 0 Å². The van der Waals surface area contributed by atoms with Crippen LogP contribution in [0.1, 0.15) is 6.42 Å². The quantitative estimate of drug-likeness (QED) is 0.649. The largest absolute Gasteiger partial charge is 0.481 e. The summed E-state index contributed by atoms with van der Waals surface area (Å²) in [5.41, 5.74) is 0.885. The Kier molecular flexibility index (Phi) is 3.36. The van der Waals surface area contributed by atoms with Gasteiger partial charge in [0, 0.05) is 11.1 Å². The minimum atomic E-state index is -0.786. The highest BCUT2D eigenvalue weighted by molar-refractivity contribution is 7.99. The van der Waals surface area contributed by atoms with Crippen molar-refractivity contribution in [2.45, 2.75) is 11.4 Å². The Bertz CT molecular complexity index is 511. The number of thioether (sulfide) groups is 1. The number of carboxylic acid groups (broad SMARTS) is 1. The molecule has 0 fully saturated rings. The van der Waals surface area contributed by atoms with Gasteiger partial charge in [-0.15, -0.1) is 11.8 Å². The van der Waals surface area contributed by atoms with Gasteiger partial charge in [0.2, 0.25) is 0 Å². The summed E-state index contributed by atoms with van der Waals surface area (Å²) in [6.45, 7) is 0. The van der Waals surface area contributed by atoms with E-state index in [2.05, 4.69) is 9.97 Å². The lowest BCUT2D eigenvalue weighted by molar-refractivity contribution is -0.136. The molecule has 2 aromatic rings. The molecule has 0 aliphatic carbocycles. The number of carboxylic acids is 1. The summed E-state index contributed by atoms with van der Waals surface area (Å²) in [5, 5.41) is 10.4. The summed E-state index contributed by atoms with van der Waals surface area (Å²) in [7, 11) is 0. The Morgan fingerprint density at radius 3 is 2.94 bits per heavy atom. The molecule has 0 aliphatic heterocycles. The van der Waals surface area contributed by atoms with Crippen LogP contribution < -0.4 is 0 Å². The second-order valence-electron chi connectivity index (χ2n) is 3.19. The lowest BCUT2D eigenvalue weighted by atomic mass is 10.2. The van der Waals surface area contributed by atoms with Gasteiger partial charge >= 0.3 is 5.97 Å². The highest BCUT2D eigenvalue weighted by Gasteiger charge is 2.04. The van der Waals surface area contributed by atoms with E-state index in [1.807, 2.05) is 24.3 Å². The Hall–Kier alpha value is -1.62. The van der Waals surface area contributed by atoms with Crippen LogP contribution in [0.4, 0.5) is 0 Å². The van der Waals surface area contributed by atoms with Gasteiger partial charge in [0.1, 0.15) is 11.4 Å². The third-order valence-electron chi connectivity index (χ3n) is 2.06.